The van der Waals surface area contributed by atoms with Crippen molar-refractivity contribution in [2.24, 2.45) is 5.10 Å². The maximum Gasteiger partial charge on any atom is 0.343 e. The van der Waals surface area contributed by atoms with E-state index in [4.69, 9.17) is 27.9 Å². The van der Waals surface area contributed by atoms with Crippen LogP contribution < -0.4 is 15.5 Å². The van der Waals surface area contributed by atoms with E-state index < -0.39 is 17.8 Å². The molecule has 7 nitrogen and oxygen atoms in total. The molecule has 0 heterocycles. The van der Waals surface area contributed by atoms with Gasteiger partial charge < -0.3 is 10.1 Å². The van der Waals surface area contributed by atoms with E-state index in [1.165, 1.54) is 24.4 Å². The lowest BCUT2D eigenvalue weighted by atomic mass is 10.2. The van der Waals surface area contributed by atoms with Crippen molar-refractivity contribution in [3.63, 3.8) is 0 Å². The fourth-order valence-corrected chi connectivity index (χ4v) is 2.92. The molecule has 0 saturated carbocycles. The molecule has 3 aromatic rings. The Bertz CT molecular complexity index is 1110. The first-order valence-electron chi connectivity index (χ1n) is 8.88. The van der Waals surface area contributed by atoms with Gasteiger partial charge >= 0.3 is 17.8 Å². The Kier molecular flexibility index (Phi) is 7.37. The first-order chi connectivity index (χ1) is 14.9. The molecule has 0 unspecified atom stereocenters. The Morgan fingerprint density at radius 2 is 1.48 bits per heavy atom. The molecule has 0 aliphatic heterocycles. The number of hydrogen-bond donors (Lipinski definition) is 2. The topological polar surface area (TPSA) is 96.9 Å². The third-order valence-corrected chi connectivity index (χ3v) is 4.24. The molecule has 0 spiro atoms. The van der Waals surface area contributed by atoms with Gasteiger partial charge in [-0.1, -0.05) is 41.4 Å². The highest BCUT2D eigenvalue weighted by Gasteiger charge is 2.13. The van der Waals surface area contributed by atoms with E-state index in [1.807, 2.05) is 0 Å². The van der Waals surface area contributed by atoms with E-state index in [9.17, 15) is 14.4 Å². The van der Waals surface area contributed by atoms with Gasteiger partial charge in [0, 0.05) is 15.7 Å². The number of nitrogens with zero attached hydrogens (tertiary/aromatic N) is 1. The van der Waals surface area contributed by atoms with Crippen molar-refractivity contribution in [3.8, 4) is 5.75 Å². The van der Waals surface area contributed by atoms with Crippen LogP contribution >= 0.6 is 23.2 Å². The van der Waals surface area contributed by atoms with Crippen molar-refractivity contribution in [2.45, 2.75) is 0 Å². The van der Waals surface area contributed by atoms with Crippen LogP contribution in [0.3, 0.4) is 0 Å². The molecular formula is C22H15Cl2N3O4. The minimum absolute atomic E-state index is 0.280. The number of carbonyl (C=O) groups is 3. The molecule has 0 fully saturated rings. The molecule has 0 bridgehead atoms. The summed E-state index contributed by atoms with van der Waals surface area (Å²) in [5, 5.41) is 6.74. The minimum Gasteiger partial charge on any atom is -0.423 e. The molecule has 0 atom stereocenters. The van der Waals surface area contributed by atoms with Gasteiger partial charge in [0.2, 0.25) is 0 Å². The van der Waals surface area contributed by atoms with Crippen molar-refractivity contribution in [1.82, 2.24) is 5.43 Å². The zero-order valence-corrected chi connectivity index (χ0v) is 17.4. The van der Waals surface area contributed by atoms with Crippen molar-refractivity contribution >= 4 is 52.9 Å². The molecule has 2 N–H and O–H groups in total. The number of rotatable bonds is 5. The maximum absolute atomic E-state index is 12.0. The van der Waals surface area contributed by atoms with Crippen LogP contribution in [0.4, 0.5) is 5.69 Å². The lowest BCUT2D eigenvalue weighted by Crippen LogP contribution is -2.32. The highest BCUT2D eigenvalue weighted by molar-refractivity contribution is 6.40. The van der Waals surface area contributed by atoms with Gasteiger partial charge in [0.15, 0.2) is 0 Å². The fraction of sp³-hybridized carbons (Fsp3) is 0. The van der Waals surface area contributed by atoms with Gasteiger partial charge in [-0.15, -0.1) is 0 Å². The van der Waals surface area contributed by atoms with E-state index in [-0.39, 0.29) is 5.69 Å². The molecule has 9 heteroatoms. The fourth-order valence-electron chi connectivity index (χ4n) is 2.39. The smallest absolute Gasteiger partial charge is 0.343 e. The first-order valence-corrected chi connectivity index (χ1v) is 9.64. The standard InChI is InChI=1S/C22H15Cl2N3O4/c23-16-10-17(24)12-18(11-16)26-20(28)21(29)27-25-13-14-6-8-19(9-7-14)31-22(30)15-4-2-1-3-5-15/h1-13H,(H,26,28)(H,27,29). The number of halogens is 2. The number of amides is 2. The molecule has 0 aliphatic rings. The van der Waals surface area contributed by atoms with Gasteiger partial charge in [-0.3, -0.25) is 9.59 Å². The summed E-state index contributed by atoms with van der Waals surface area (Å²) in [5.74, 6) is -2.02. The maximum atomic E-state index is 12.0. The Labute approximate surface area is 187 Å². The molecule has 156 valence electrons. The summed E-state index contributed by atoms with van der Waals surface area (Å²) in [6.07, 6.45) is 1.34. The van der Waals surface area contributed by atoms with Gasteiger partial charge in [0.05, 0.1) is 11.8 Å². The second kappa shape index (κ2) is 10.4. The molecule has 0 saturated heterocycles. The lowest BCUT2D eigenvalue weighted by Gasteiger charge is -2.05. The third-order valence-electron chi connectivity index (χ3n) is 3.81. The summed E-state index contributed by atoms with van der Waals surface area (Å²) in [6, 6.07) is 19.4. The predicted octanol–water partition coefficient (Wildman–Crippen LogP) is 4.30. The van der Waals surface area contributed by atoms with Gasteiger partial charge in [-0.25, -0.2) is 10.2 Å². The lowest BCUT2D eigenvalue weighted by molar-refractivity contribution is -0.136. The van der Waals surface area contributed by atoms with Gasteiger partial charge in [-0.05, 0) is 60.2 Å². The van der Waals surface area contributed by atoms with Crippen molar-refractivity contribution in [2.75, 3.05) is 5.32 Å². The average Bonchev–Trinajstić information content (AvgIpc) is 2.74. The Morgan fingerprint density at radius 3 is 2.13 bits per heavy atom. The van der Waals surface area contributed by atoms with E-state index >= 15 is 0 Å². The number of anilines is 1. The Hall–Kier alpha value is -3.68. The zero-order chi connectivity index (χ0) is 22.2. The molecule has 2 amide bonds. The normalized spacial score (nSPS) is 10.5. The molecule has 3 rings (SSSR count). The molecule has 31 heavy (non-hydrogen) atoms. The zero-order valence-electron chi connectivity index (χ0n) is 15.8. The van der Waals surface area contributed by atoms with Crippen LogP contribution in [0.5, 0.6) is 5.75 Å². The van der Waals surface area contributed by atoms with E-state index in [0.29, 0.717) is 26.9 Å². The average molecular weight is 456 g/mol. The van der Waals surface area contributed by atoms with Gasteiger partial charge in [0.1, 0.15) is 5.75 Å². The summed E-state index contributed by atoms with van der Waals surface area (Å²) in [6.45, 7) is 0. The quantitative estimate of drug-likeness (QED) is 0.197. The van der Waals surface area contributed by atoms with Gasteiger partial charge in [0.25, 0.3) is 0 Å². The molecule has 0 radical (unpaired) electrons. The van der Waals surface area contributed by atoms with Crippen LogP contribution in [0.15, 0.2) is 77.9 Å². The Balaban J connectivity index is 1.51. The van der Waals surface area contributed by atoms with Gasteiger partial charge in [-0.2, -0.15) is 5.10 Å². The summed E-state index contributed by atoms with van der Waals surface area (Å²) in [5.41, 5.74) is 3.45. The van der Waals surface area contributed by atoms with E-state index in [2.05, 4.69) is 15.8 Å². The molecule has 3 aromatic carbocycles. The van der Waals surface area contributed by atoms with Crippen LogP contribution in [0.25, 0.3) is 0 Å². The van der Waals surface area contributed by atoms with Crippen LogP contribution in [0.1, 0.15) is 15.9 Å². The highest BCUT2D eigenvalue weighted by Crippen LogP contribution is 2.22. The number of esters is 1. The Morgan fingerprint density at radius 1 is 0.839 bits per heavy atom. The third kappa shape index (κ3) is 6.67. The second-order valence-corrected chi connectivity index (χ2v) is 7.01. The van der Waals surface area contributed by atoms with Crippen LogP contribution in [-0.2, 0) is 9.59 Å². The summed E-state index contributed by atoms with van der Waals surface area (Å²) in [7, 11) is 0. The molecule has 0 aliphatic carbocycles. The first kappa shape index (κ1) is 22.0. The molecular weight excluding hydrogens is 441 g/mol. The van der Waals surface area contributed by atoms with Crippen LogP contribution in [0.2, 0.25) is 10.0 Å². The molecule has 0 aromatic heterocycles. The SMILES string of the molecule is O=C(NN=Cc1ccc(OC(=O)c2ccccc2)cc1)C(=O)Nc1cc(Cl)cc(Cl)c1. The number of ether oxygens (including phenoxy) is 1. The highest BCUT2D eigenvalue weighted by atomic mass is 35.5. The van der Waals surface area contributed by atoms with Crippen molar-refractivity contribution in [3.05, 3.63) is 94.0 Å². The predicted molar refractivity (Wildman–Crippen MR) is 119 cm³/mol. The summed E-state index contributed by atoms with van der Waals surface area (Å²) < 4.78 is 5.28. The largest absolute Gasteiger partial charge is 0.423 e. The number of hydrogen-bond acceptors (Lipinski definition) is 5. The number of benzene rings is 3. The monoisotopic (exact) mass is 455 g/mol. The minimum atomic E-state index is -0.972. The van der Waals surface area contributed by atoms with Crippen molar-refractivity contribution < 1.29 is 19.1 Å². The van der Waals surface area contributed by atoms with E-state index in [0.717, 1.165) is 0 Å². The van der Waals surface area contributed by atoms with Crippen LogP contribution in [-0.4, -0.2) is 24.0 Å². The summed E-state index contributed by atoms with van der Waals surface area (Å²) in [4.78, 5) is 35.8. The second-order valence-electron chi connectivity index (χ2n) is 6.14. The summed E-state index contributed by atoms with van der Waals surface area (Å²) >= 11 is 11.7. The number of carbonyl (C=O) groups excluding carboxylic acids is 3. The number of nitrogens with one attached hydrogen (secondary N) is 2. The number of hydrazone groups is 1. The van der Waals surface area contributed by atoms with Crippen LogP contribution in [0, 0.1) is 0 Å². The van der Waals surface area contributed by atoms with E-state index in [1.54, 1.807) is 54.6 Å². The van der Waals surface area contributed by atoms with Crippen molar-refractivity contribution in [1.29, 1.82) is 0 Å².